The Bertz CT molecular complexity index is 1100. The normalized spacial score (nSPS) is 11.4. The SMILES string of the molecule is C/C(=N\NC(=O)c1cn(-c2ccccc2)nc1-c1ccccc1)c1ccc[nH]1. The first kappa shape index (κ1) is 17.5. The number of H-pyrrole nitrogens is 1. The lowest BCUT2D eigenvalue weighted by molar-refractivity contribution is 0.0955. The van der Waals surface area contributed by atoms with Gasteiger partial charge in [-0.05, 0) is 31.2 Å². The summed E-state index contributed by atoms with van der Waals surface area (Å²) in [5, 5.41) is 8.86. The van der Waals surface area contributed by atoms with Crippen LogP contribution in [0.1, 0.15) is 23.0 Å². The van der Waals surface area contributed by atoms with Crippen molar-refractivity contribution in [2.45, 2.75) is 6.92 Å². The van der Waals surface area contributed by atoms with Crippen molar-refractivity contribution in [1.29, 1.82) is 0 Å². The third-order valence-corrected chi connectivity index (χ3v) is 4.34. The van der Waals surface area contributed by atoms with Crippen molar-refractivity contribution in [3.05, 3.63) is 96.4 Å². The Morgan fingerprint density at radius 3 is 2.39 bits per heavy atom. The van der Waals surface area contributed by atoms with Gasteiger partial charge in [-0.2, -0.15) is 10.2 Å². The van der Waals surface area contributed by atoms with E-state index < -0.39 is 0 Å². The molecule has 6 nitrogen and oxygen atoms in total. The minimum atomic E-state index is -0.313. The number of carbonyl (C=O) groups excluding carboxylic acids is 1. The standard InChI is InChI=1S/C22H19N5O/c1-16(20-13-8-14-23-20)24-25-22(28)19-15-27(18-11-6-3-7-12-18)26-21(19)17-9-4-2-5-10-17/h2-15,23H,1H3,(H,25,28)/b24-16+. The quantitative estimate of drug-likeness (QED) is 0.412. The van der Waals surface area contributed by atoms with Gasteiger partial charge in [-0.25, -0.2) is 10.1 Å². The summed E-state index contributed by atoms with van der Waals surface area (Å²) in [6.07, 6.45) is 3.54. The number of aromatic nitrogens is 3. The van der Waals surface area contributed by atoms with Gasteiger partial charge in [0.15, 0.2) is 0 Å². The van der Waals surface area contributed by atoms with E-state index in [1.165, 1.54) is 0 Å². The van der Waals surface area contributed by atoms with E-state index in [0.29, 0.717) is 17.0 Å². The minimum absolute atomic E-state index is 0.313. The molecule has 0 saturated heterocycles. The maximum atomic E-state index is 12.9. The molecule has 6 heteroatoms. The van der Waals surface area contributed by atoms with E-state index in [-0.39, 0.29) is 5.91 Å². The van der Waals surface area contributed by atoms with Crippen molar-refractivity contribution in [2.75, 3.05) is 0 Å². The number of hydrazone groups is 1. The van der Waals surface area contributed by atoms with Crippen LogP contribution in [0.5, 0.6) is 0 Å². The maximum Gasteiger partial charge on any atom is 0.275 e. The third-order valence-electron chi connectivity index (χ3n) is 4.34. The highest BCUT2D eigenvalue weighted by atomic mass is 16.2. The Hall–Kier alpha value is -3.93. The highest BCUT2D eigenvalue weighted by molar-refractivity contribution is 6.02. The summed E-state index contributed by atoms with van der Waals surface area (Å²) in [6, 6.07) is 23.1. The van der Waals surface area contributed by atoms with Crippen LogP contribution in [0.15, 0.2) is 90.3 Å². The molecular formula is C22H19N5O. The Balaban J connectivity index is 1.69. The van der Waals surface area contributed by atoms with Crippen LogP contribution >= 0.6 is 0 Å². The highest BCUT2D eigenvalue weighted by Gasteiger charge is 2.18. The smallest absolute Gasteiger partial charge is 0.275 e. The molecule has 0 saturated carbocycles. The van der Waals surface area contributed by atoms with Crippen LogP contribution in [0.4, 0.5) is 0 Å². The van der Waals surface area contributed by atoms with Gasteiger partial charge in [-0.3, -0.25) is 4.79 Å². The molecular weight excluding hydrogens is 350 g/mol. The second-order valence-corrected chi connectivity index (χ2v) is 6.26. The lowest BCUT2D eigenvalue weighted by Crippen LogP contribution is -2.19. The molecule has 0 fully saturated rings. The third kappa shape index (κ3) is 3.61. The predicted octanol–water partition coefficient (Wildman–Crippen LogP) is 4.02. The Kier molecular flexibility index (Phi) is 4.84. The summed E-state index contributed by atoms with van der Waals surface area (Å²) in [5.41, 5.74) is 6.99. The van der Waals surface area contributed by atoms with Crippen LogP contribution in [0.25, 0.3) is 16.9 Å². The average Bonchev–Trinajstić information content (AvgIpc) is 3.43. The van der Waals surface area contributed by atoms with Crippen LogP contribution in [0, 0.1) is 0 Å². The van der Waals surface area contributed by atoms with E-state index in [1.807, 2.05) is 85.9 Å². The molecule has 0 radical (unpaired) electrons. The van der Waals surface area contributed by atoms with Crippen molar-refractivity contribution in [3.63, 3.8) is 0 Å². The largest absolute Gasteiger partial charge is 0.360 e. The lowest BCUT2D eigenvalue weighted by Gasteiger charge is -2.02. The van der Waals surface area contributed by atoms with Gasteiger partial charge in [0.2, 0.25) is 0 Å². The fraction of sp³-hybridized carbons (Fsp3) is 0.0455. The monoisotopic (exact) mass is 369 g/mol. The van der Waals surface area contributed by atoms with Crippen molar-refractivity contribution in [2.24, 2.45) is 5.10 Å². The first-order valence-corrected chi connectivity index (χ1v) is 8.91. The fourth-order valence-corrected chi connectivity index (χ4v) is 2.87. The molecule has 2 heterocycles. The molecule has 4 rings (SSSR count). The van der Waals surface area contributed by atoms with Gasteiger partial charge in [0, 0.05) is 18.0 Å². The van der Waals surface area contributed by atoms with E-state index in [0.717, 1.165) is 16.9 Å². The van der Waals surface area contributed by atoms with Crippen LogP contribution < -0.4 is 5.43 Å². The molecule has 0 aliphatic rings. The topological polar surface area (TPSA) is 75.1 Å². The molecule has 0 unspecified atom stereocenters. The molecule has 0 aliphatic heterocycles. The molecule has 2 aromatic carbocycles. The number of aromatic amines is 1. The zero-order valence-corrected chi connectivity index (χ0v) is 15.3. The Labute approximate surface area is 162 Å². The van der Waals surface area contributed by atoms with Crippen molar-refractivity contribution < 1.29 is 4.79 Å². The molecule has 2 N–H and O–H groups in total. The Morgan fingerprint density at radius 1 is 1.00 bits per heavy atom. The number of hydrogen-bond acceptors (Lipinski definition) is 3. The van der Waals surface area contributed by atoms with Gasteiger partial charge >= 0.3 is 0 Å². The second-order valence-electron chi connectivity index (χ2n) is 6.26. The van der Waals surface area contributed by atoms with Gasteiger partial charge in [0.1, 0.15) is 5.69 Å². The zero-order chi connectivity index (χ0) is 19.3. The molecule has 2 aromatic heterocycles. The van der Waals surface area contributed by atoms with Crippen LogP contribution in [-0.2, 0) is 0 Å². The van der Waals surface area contributed by atoms with E-state index in [4.69, 9.17) is 0 Å². The zero-order valence-electron chi connectivity index (χ0n) is 15.3. The molecule has 28 heavy (non-hydrogen) atoms. The summed E-state index contributed by atoms with van der Waals surface area (Å²) < 4.78 is 1.71. The van der Waals surface area contributed by atoms with Gasteiger partial charge in [0.25, 0.3) is 5.91 Å². The molecule has 0 atom stereocenters. The fourth-order valence-electron chi connectivity index (χ4n) is 2.87. The molecule has 0 bridgehead atoms. The van der Waals surface area contributed by atoms with E-state index in [2.05, 4.69) is 20.6 Å². The Morgan fingerprint density at radius 2 is 1.71 bits per heavy atom. The van der Waals surface area contributed by atoms with Crippen LogP contribution in [-0.4, -0.2) is 26.4 Å². The number of amides is 1. The highest BCUT2D eigenvalue weighted by Crippen LogP contribution is 2.23. The summed E-state index contributed by atoms with van der Waals surface area (Å²) in [4.78, 5) is 15.9. The number of carbonyl (C=O) groups is 1. The van der Waals surface area contributed by atoms with Gasteiger partial charge in [-0.15, -0.1) is 0 Å². The summed E-state index contributed by atoms with van der Waals surface area (Å²) in [6.45, 7) is 1.83. The van der Waals surface area contributed by atoms with Crippen molar-refractivity contribution >= 4 is 11.6 Å². The number of hydrogen-bond donors (Lipinski definition) is 2. The van der Waals surface area contributed by atoms with Crippen molar-refractivity contribution in [3.8, 4) is 16.9 Å². The number of para-hydroxylation sites is 1. The first-order valence-electron chi connectivity index (χ1n) is 8.91. The molecule has 1 amide bonds. The summed E-state index contributed by atoms with van der Waals surface area (Å²) in [7, 11) is 0. The maximum absolute atomic E-state index is 12.9. The van der Waals surface area contributed by atoms with Gasteiger partial charge < -0.3 is 4.98 Å². The molecule has 4 aromatic rings. The molecule has 138 valence electrons. The number of benzene rings is 2. The van der Waals surface area contributed by atoms with Crippen molar-refractivity contribution in [1.82, 2.24) is 20.2 Å². The van der Waals surface area contributed by atoms with Crippen LogP contribution in [0.2, 0.25) is 0 Å². The van der Waals surface area contributed by atoms with Gasteiger partial charge in [0.05, 0.1) is 22.7 Å². The first-order chi connectivity index (χ1) is 13.7. The summed E-state index contributed by atoms with van der Waals surface area (Å²) >= 11 is 0. The van der Waals surface area contributed by atoms with E-state index >= 15 is 0 Å². The number of rotatable bonds is 5. The molecule has 0 aliphatic carbocycles. The minimum Gasteiger partial charge on any atom is -0.360 e. The van der Waals surface area contributed by atoms with Gasteiger partial charge in [-0.1, -0.05) is 48.5 Å². The average molecular weight is 369 g/mol. The predicted molar refractivity (Wildman–Crippen MR) is 109 cm³/mol. The number of nitrogens with zero attached hydrogens (tertiary/aromatic N) is 3. The van der Waals surface area contributed by atoms with E-state index in [1.54, 1.807) is 10.9 Å². The van der Waals surface area contributed by atoms with Crippen LogP contribution in [0.3, 0.4) is 0 Å². The number of nitrogens with one attached hydrogen (secondary N) is 2. The summed E-state index contributed by atoms with van der Waals surface area (Å²) in [5.74, 6) is -0.313. The second kappa shape index (κ2) is 7.75. The molecule has 0 spiro atoms. The lowest BCUT2D eigenvalue weighted by atomic mass is 10.1. The van der Waals surface area contributed by atoms with E-state index in [9.17, 15) is 4.79 Å².